The summed E-state index contributed by atoms with van der Waals surface area (Å²) in [6.45, 7) is 2.43. The Hall–Kier alpha value is -4.60. The number of hydrogen-bond acceptors (Lipinski definition) is 5. The summed E-state index contributed by atoms with van der Waals surface area (Å²) in [5.74, 6) is -0.959. The Balaban J connectivity index is 1.40. The van der Waals surface area contributed by atoms with Gasteiger partial charge in [-0.3, -0.25) is 14.4 Å². The highest BCUT2D eigenvalue weighted by Gasteiger charge is 2.15. The van der Waals surface area contributed by atoms with E-state index in [2.05, 4.69) is 16.0 Å². The molecule has 0 unspecified atom stereocenters. The van der Waals surface area contributed by atoms with E-state index < -0.39 is 17.6 Å². The molecule has 4 aromatic rings. The maximum absolute atomic E-state index is 13.3. The first-order chi connectivity index (χ1) is 20.3. The lowest BCUT2D eigenvalue weighted by Gasteiger charge is -2.12. The highest BCUT2D eigenvalue weighted by atomic mass is 35.5. The highest BCUT2D eigenvalue weighted by molar-refractivity contribution is 8.00. The lowest BCUT2D eigenvalue weighted by Crippen LogP contribution is -2.30. The molecule has 3 amide bonds. The Kier molecular flexibility index (Phi) is 10.7. The first-order valence-electron chi connectivity index (χ1n) is 12.9. The second kappa shape index (κ2) is 14.9. The average molecular weight is 604 g/mol. The normalized spacial score (nSPS) is 11.0. The van der Waals surface area contributed by atoms with Crippen LogP contribution in [0.3, 0.4) is 0 Å². The second-order valence-corrected chi connectivity index (χ2v) is 10.3. The number of halogens is 2. The number of hydrogen-bond donors (Lipinski definition) is 3. The molecule has 0 atom stereocenters. The van der Waals surface area contributed by atoms with E-state index in [-0.39, 0.29) is 22.4 Å². The van der Waals surface area contributed by atoms with Gasteiger partial charge in [-0.05, 0) is 85.3 Å². The predicted molar refractivity (Wildman–Crippen MR) is 165 cm³/mol. The maximum atomic E-state index is 13.3. The van der Waals surface area contributed by atoms with Gasteiger partial charge in [-0.15, -0.1) is 11.8 Å². The van der Waals surface area contributed by atoms with E-state index in [0.717, 1.165) is 4.90 Å². The van der Waals surface area contributed by atoms with E-state index in [4.69, 9.17) is 16.3 Å². The lowest BCUT2D eigenvalue weighted by atomic mass is 10.1. The van der Waals surface area contributed by atoms with E-state index in [9.17, 15) is 18.8 Å². The molecule has 0 saturated heterocycles. The van der Waals surface area contributed by atoms with Crippen LogP contribution < -0.4 is 20.7 Å². The third kappa shape index (κ3) is 8.95. The van der Waals surface area contributed by atoms with Crippen molar-refractivity contribution < 1.29 is 23.5 Å². The number of carbonyl (C=O) groups is 3. The van der Waals surface area contributed by atoms with Crippen molar-refractivity contribution in [1.82, 2.24) is 5.32 Å². The minimum atomic E-state index is -0.562. The van der Waals surface area contributed by atoms with E-state index in [1.54, 1.807) is 84.9 Å². The summed E-state index contributed by atoms with van der Waals surface area (Å²) >= 11 is 7.05. The molecule has 0 aliphatic carbocycles. The molecule has 4 rings (SSSR count). The van der Waals surface area contributed by atoms with Gasteiger partial charge in [0.05, 0.1) is 17.4 Å². The van der Waals surface area contributed by atoms with E-state index in [1.807, 2.05) is 6.92 Å². The summed E-state index contributed by atoms with van der Waals surface area (Å²) < 4.78 is 18.8. The number of thioether (sulfide) groups is 1. The van der Waals surface area contributed by atoms with Gasteiger partial charge < -0.3 is 20.7 Å². The molecule has 0 bridgehead atoms. The van der Waals surface area contributed by atoms with E-state index in [1.165, 1.54) is 30.0 Å². The molecule has 0 radical (unpaired) electrons. The van der Waals surface area contributed by atoms with Gasteiger partial charge in [-0.2, -0.15) is 0 Å². The van der Waals surface area contributed by atoms with Crippen molar-refractivity contribution in [3.63, 3.8) is 0 Å². The minimum Gasteiger partial charge on any atom is -0.494 e. The van der Waals surface area contributed by atoms with Crippen molar-refractivity contribution in [3.8, 4) is 5.75 Å². The van der Waals surface area contributed by atoms with Crippen molar-refractivity contribution in [3.05, 3.63) is 125 Å². The smallest absolute Gasteiger partial charge is 0.272 e. The van der Waals surface area contributed by atoms with Crippen molar-refractivity contribution >= 4 is 58.5 Å². The van der Waals surface area contributed by atoms with Crippen molar-refractivity contribution in [2.45, 2.75) is 11.8 Å². The third-order valence-electron chi connectivity index (χ3n) is 5.72. The lowest BCUT2D eigenvalue weighted by molar-refractivity contribution is -0.114. The Labute approximate surface area is 252 Å². The SMILES string of the molecule is CCOc1ccc(/C=C(\NC(=O)c2ccccc2)C(=O)Nc2ccc(SCC(=O)Nc3ccc(F)c(Cl)c3)cc2)cc1. The van der Waals surface area contributed by atoms with Gasteiger partial charge in [-0.25, -0.2) is 4.39 Å². The molecule has 42 heavy (non-hydrogen) atoms. The van der Waals surface area contributed by atoms with Crippen LogP contribution in [0.1, 0.15) is 22.8 Å². The molecule has 4 aromatic carbocycles. The maximum Gasteiger partial charge on any atom is 0.272 e. The molecule has 0 aromatic heterocycles. The molecule has 0 aliphatic rings. The largest absolute Gasteiger partial charge is 0.494 e. The summed E-state index contributed by atoms with van der Waals surface area (Å²) in [6.07, 6.45) is 1.59. The summed E-state index contributed by atoms with van der Waals surface area (Å²) in [6, 6.07) is 26.7. The van der Waals surface area contributed by atoms with Gasteiger partial charge in [0.25, 0.3) is 11.8 Å². The van der Waals surface area contributed by atoms with Gasteiger partial charge in [0.1, 0.15) is 17.3 Å². The molecule has 0 aliphatic heterocycles. The zero-order chi connectivity index (χ0) is 29.9. The van der Waals surface area contributed by atoms with Crippen LogP contribution >= 0.6 is 23.4 Å². The summed E-state index contributed by atoms with van der Waals surface area (Å²) in [4.78, 5) is 39.2. The number of carbonyl (C=O) groups excluding carboxylic acids is 3. The van der Waals surface area contributed by atoms with Crippen LogP contribution in [0.2, 0.25) is 5.02 Å². The third-order valence-corrected chi connectivity index (χ3v) is 7.02. The fourth-order valence-electron chi connectivity index (χ4n) is 3.69. The van der Waals surface area contributed by atoms with Crippen molar-refractivity contribution in [2.24, 2.45) is 0 Å². The van der Waals surface area contributed by atoms with Crippen LogP contribution in [0.25, 0.3) is 6.08 Å². The molecule has 0 fully saturated rings. The second-order valence-electron chi connectivity index (χ2n) is 8.82. The Morgan fingerprint density at radius 2 is 1.57 bits per heavy atom. The molecule has 7 nitrogen and oxygen atoms in total. The standard InChI is InChI=1S/C32H27ClFN3O4S/c1-2-41-25-13-8-21(9-14-25)18-29(37-31(39)22-6-4-3-5-7-22)32(40)36-23-10-15-26(16-11-23)42-20-30(38)35-24-12-17-28(34)27(33)19-24/h3-19H,2,20H2,1H3,(H,35,38)(H,36,40)(H,37,39)/b29-18-. The molecule has 3 N–H and O–H groups in total. The van der Waals surface area contributed by atoms with Crippen LogP contribution in [-0.2, 0) is 9.59 Å². The molecular formula is C32H27ClFN3O4S. The summed E-state index contributed by atoms with van der Waals surface area (Å²) in [5.41, 5.74) is 2.07. The highest BCUT2D eigenvalue weighted by Crippen LogP contribution is 2.23. The fourth-order valence-corrected chi connectivity index (χ4v) is 4.57. The number of amides is 3. The quantitative estimate of drug-likeness (QED) is 0.126. The number of rotatable bonds is 11. The van der Waals surface area contributed by atoms with Crippen LogP contribution in [0.15, 0.2) is 108 Å². The fraction of sp³-hybridized carbons (Fsp3) is 0.0938. The predicted octanol–water partition coefficient (Wildman–Crippen LogP) is 7.02. The molecule has 10 heteroatoms. The van der Waals surface area contributed by atoms with Gasteiger partial charge >= 0.3 is 0 Å². The topological polar surface area (TPSA) is 96.5 Å². The van der Waals surface area contributed by atoms with Crippen molar-refractivity contribution in [2.75, 3.05) is 23.0 Å². The van der Waals surface area contributed by atoms with Crippen LogP contribution in [0.5, 0.6) is 5.75 Å². The Bertz CT molecular complexity index is 1580. The zero-order valence-corrected chi connectivity index (χ0v) is 24.1. The Morgan fingerprint density at radius 3 is 2.24 bits per heavy atom. The monoisotopic (exact) mass is 603 g/mol. The van der Waals surface area contributed by atoms with Crippen LogP contribution in [0, 0.1) is 5.82 Å². The molecular weight excluding hydrogens is 577 g/mol. The van der Waals surface area contributed by atoms with Crippen LogP contribution in [-0.4, -0.2) is 30.1 Å². The molecule has 0 spiro atoms. The Morgan fingerprint density at radius 1 is 0.881 bits per heavy atom. The van der Waals surface area contributed by atoms with Crippen LogP contribution in [0.4, 0.5) is 15.8 Å². The van der Waals surface area contributed by atoms with Gasteiger partial charge in [0.2, 0.25) is 5.91 Å². The van der Waals surface area contributed by atoms with Gasteiger partial charge in [0, 0.05) is 21.8 Å². The first kappa shape index (κ1) is 30.4. The number of nitrogens with one attached hydrogen (secondary N) is 3. The zero-order valence-electron chi connectivity index (χ0n) is 22.5. The summed E-state index contributed by atoms with van der Waals surface area (Å²) in [7, 11) is 0. The van der Waals surface area contributed by atoms with Crippen molar-refractivity contribution in [1.29, 1.82) is 0 Å². The van der Waals surface area contributed by atoms with E-state index in [0.29, 0.717) is 34.9 Å². The van der Waals surface area contributed by atoms with Gasteiger partial charge in [0.15, 0.2) is 0 Å². The molecule has 0 saturated carbocycles. The number of benzene rings is 4. The molecule has 214 valence electrons. The molecule has 0 heterocycles. The van der Waals surface area contributed by atoms with Gasteiger partial charge in [-0.1, -0.05) is 41.9 Å². The number of ether oxygens (including phenoxy) is 1. The number of anilines is 2. The average Bonchev–Trinajstić information content (AvgIpc) is 3.00. The van der Waals surface area contributed by atoms with E-state index >= 15 is 0 Å². The first-order valence-corrected chi connectivity index (χ1v) is 14.3. The summed E-state index contributed by atoms with van der Waals surface area (Å²) in [5, 5.41) is 8.12. The minimum absolute atomic E-state index is 0.0593.